The Bertz CT molecular complexity index is 439. The lowest BCUT2D eigenvalue weighted by atomic mass is 9.97. The summed E-state index contributed by atoms with van der Waals surface area (Å²) >= 11 is 0. The van der Waals surface area contributed by atoms with Crippen LogP contribution in [-0.2, 0) is 11.2 Å². The Morgan fingerprint density at radius 1 is 1.41 bits per heavy atom. The number of ether oxygens (including phenoxy) is 1. The van der Waals surface area contributed by atoms with E-state index in [4.69, 9.17) is 4.74 Å². The molecule has 3 rings (SSSR count). The maximum atomic E-state index is 11.4. The zero-order valence-electron chi connectivity index (χ0n) is 9.66. The van der Waals surface area contributed by atoms with Gasteiger partial charge in [0.1, 0.15) is 5.75 Å². The van der Waals surface area contributed by atoms with Crippen LogP contribution in [0.5, 0.6) is 5.75 Å². The predicted molar refractivity (Wildman–Crippen MR) is 65.2 cm³/mol. The van der Waals surface area contributed by atoms with E-state index in [2.05, 4.69) is 16.7 Å². The van der Waals surface area contributed by atoms with Crippen molar-refractivity contribution >= 4 is 11.6 Å². The first kappa shape index (κ1) is 10.6. The summed E-state index contributed by atoms with van der Waals surface area (Å²) in [6.45, 7) is 2.29. The standard InChI is InChI=1S/C13H16N2O2/c16-12-8-17-11-3-1-2-10(13(11)15-12)6-9-4-5-14-7-9/h1-3,9,14H,4-8H2,(H,15,16). The van der Waals surface area contributed by atoms with Crippen molar-refractivity contribution in [3.05, 3.63) is 23.8 Å². The minimum Gasteiger partial charge on any atom is -0.482 e. The summed E-state index contributed by atoms with van der Waals surface area (Å²) in [5.41, 5.74) is 2.06. The van der Waals surface area contributed by atoms with Gasteiger partial charge in [-0.2, -0.15) is 0 Å². The summed E-state index contributed by atoms with van der Waals surface area (Å²) in [7, 11) is 0. The molecule has 0 spiro atoms. The third-order valence-electron chi connectivity index (χ3n) is 3.41. The van der Waals surface area contributed by atoms with Gasteiger partial charge in [-0.15, -0.1) is 0 Å². The number of benzene rings is 1. The minimum atomic E-state index is -0.0607. The largest absolute Gasteiger partial charge is 0.482 e. The van der Waals surface area contributed by atoms with Gasteiger partial charge < -0.3 is 15.4 Å². The van der Waals surface area contributed by atoms with Crippen LogP contribution in [0.25, 0.3) is 0 Å². The third-order valence-corrected chi connectivity index (χ3v) is 3.41. The first-order chi connectivity index (χ1) is 8.33. The monoisotopic (exact) mass is 232 g/mol. The van der Waals surface area contributed by atoms with Crippen molar-refractivity contribution in [1.82, 2.24) is 5.32 Å². The molecule has 1 aromatic rings. The van der Waals surface area contributed by atoms with Gasteiger partial charge in [0.25, 0.3) is 5.91 Å². The van der Waals surface area contributed by atoms with Gasteiger partial charge in [0.15, 0.2) is 6.61 Å². The van der Waals surface area contributed by atoms with Crippen molar-refractivity contribution in [2.75, 3.05) is 25.0 Å². The van der Waals surface area contributed by atoms with Crippen molar-refractivity contribution in [3.63, 3.8) is 0 Å². The smallest absolute Gasteiger partial charge is 0.262 e. The van der Waals surface area contributed by atoms with E-state index in [0.717, 1.165) is 30.9 Å². The molecule has 1 atom stereocenters. The molecule has 1 saturated heterocycles. The quantitative estimate of drug-likeness (QED) is 0.804. The average molecular weight is 232 g/mol. The van der Waals surface area contributed by atoms with E-state index in [0.29, 0.717) is 5.92 Å². The van der Waals surface area contributed by atoms with E-state index in [9.17, 15) is 4.79 Å². The molecule has 2 heterocycles. The number of anilines is 1. The molecule has 0 aliphatic carbocycles. The van der Waals surface area contributed by atoms with Crippen molar-refractivity contribution in [2.24, 2.45) is 5.92 Å². The number of hydrogen-bond acceptors (Lipinski definition) is 3. The number of para-hydroxylation sites is 1. The molecule has 4 heteroatoms. The van der Waals surface area contributed by atoms with Crippen LogP contribution in [0.1, 0.15) is 12.0 Å². The maximum Gasteiger partial charge on any atom is 0.262 e. The maximum absolute atomic E-state index is 11.4. The molecule has 17 heavy (non-hydrogen) atoms. The van der Waals surface area contributed by atoms with E-state index < -0.39 is 0 Å². The van der Waals surface area contributed by atoms with Gasteiger partial charge in [-0.25, -0.2) is 0 Å². The highest BCUT2D eigenvalue weighted by Crippen LogP contribution is 2.33. The summed E-state index contributed by atoms with van der Waals surface area (Å²) in [6.07, 6.45) is 2.21. The van der Waals surface area contributed by atoms with Crippen molar-refractivity contribution in [3.8, 4) is 5.75 Å². The Kier molecular flexibility index (Phi) is 2.73. The molecule has 2 aliphatic rings. The number of rotatable bonds is 2. The SMILES string of the molecule is O=C1COc2cccc(CC3CCNC3)c2N1. The van der Waals surface area contributed by atoms with Gasteiger partial charge in [0.05, 0.1) is 5.69 Å². The second-order valence-corrected chi connectivity index (χ2v) is 4.69. The van der Waals surface area contributed by atoms with Crippen LogP contribution in [0.4, 0.5) is 5.69 Å². The van der Waals surface area contributed by atoms with Crippen LogP contribution in [0.2, 0.25) is 0 Å². The molecule has 2 N–H and O–H groups in total. The van der Waals surface area contributed by atoms with Crippen LogP contribution in [0, 0.1) is 5.92 Å². The molecule has 90 valence electrons. The summed E-state index contributed by atoms with van der Waals surface area (Å²) < 4.78 is 5.41. The Morgan fingerprint density at radius 2 is 2.35 bits per heavy atom. The molecule has 0 saturated carbocycles. The van der Waals surface area contributed by atoms with Gasteiger partial charge >= 0.3 is 0 Å². The van der Waals surface area contributed by atoms with Gasteiger partial charge in [-0.05, 0) is 43.5 Å². The summed E-state index contributed by atoms with van der Waals surface area (Å²) in [5.74, 6) is 1.41. The van der Waals surface area contributed by atoms with Crippen molar-refractivity contribution < 1.29 is 9.53 Å². The Morgan fingerprint density at radius 3 is 3.18 bits per heavy atom. The molecule has 1 amide bonds. The average Bonchev–Trinajstić information content (AvgIpc) is 2.83. The van der Waals surface area contributed by atoms with Gasteiger partial charge in [0, 0.05) is 0 Å². The lowest BCUT2D eigenvalue weighted by Crippen LogP contribution is -2.26. The molecular formula is C13H16N2O2. The highest BCUT2D eigenvalue weighted by molar-refractivity contribution is 5.96. The number of carbonyl (C=O) groups excluding carboxylic acids is 1. The molecule has 1 aromatic carbocycles. The van der Waals surface area contributed by atoms with Crippen molar-refractivity contribution in [1.29, 1.82) is 0 Å². The Labute approximate surface area is 100 Å². The molecule has 1 unspecified atom stereocenters. The highest BCUT2D eigenvalue weighted by Gasteiger charge is 2.22. The zero-order valence-corrected chi connectivity index (χ0v) is 9.66. The molecule has 0 radical (unpaired) electrons. The van der Waals surface area contributed by atoms with Crippen LogP contribution in [-0.4, -0.2) is 25.6 Å². The second-order valence-electron chi connectivity index (χ2n) is 4.69. The lowest BCUT2D eigenvalue weighted by molar-refractivity contribution is -0.118. The van der Waals surface area contributed by atoms with Gasteiger partial charge in [0.2, 0.25) is 0 Å². The topological polar surface area (TPSA) is 50.4 Å². The molecule has 4 nitrogen and oxygen atoms in total. The van der Waals surface area contributed by atoms with E-state index in [1.807, 2.05) is 12.1 Å². The van der Waals surface area contributed by atoms with Gasteiger partial charge in [-0.1, -0.05) is 12.1 Å². The fraction of sp³-hybridized carbons (Fsp3) is 0.462. The zero-order chi connectivity index (χ0) is 11.7. The van der Waals surface area contributed by atoms with Crippen LogP contribution in [0.3, 0.4) is 0 Å². The number of fused-ring (bicyclic) bond motifs is 1. The van der Waals surface area contributed by atoms with E-state index in [-0.39, 0.29) is 12.5 Å². The first-order valence-electron chi connectivity index (χ1n) is 6.08. The van der Waals surface area contributed by atoms with Crippen LogP contribution in [0.15, 0.2) is 18.2 Å². The number of amides is 1. The third kappa shape index (κ3) is 2.13. The predicted octanol–water partition coefficient (Wildman–Crippen LogP) is 1.17. The Balaban J connectivity index is 1.85. The van der Waals surface area contributed by atoms with Crippen molar-refractivity contribution in [2.45, 2.75) is 12.8 Å². The number of hydrogen-bond donors (Lipinski definition) is 2. The first-order valence-corrected chi connectivity index (χ1v) is 6.08. The minimum absolute atomic E-state index is 0.0607. The molecular weight excluding hydrogens is 216 g/mol. The number of nitrogens with one attached hydrogen (secondary N) is 2. The normalized spacial score (nSPS) is 22.8. The van der Waals surface area contributed by atoms with Gasteiger partial charge in [-0.3, -0.25) is 4.79 Å². The Hall–Kier alpha value is -1.55. The fourth-order valence-electron chi connectivity index (χ4n) is 2.53. The summed E-state index contributed by atoms with van der Waals surface area (Å²) in [6, 6.07) is 5.98. The highest BCUT2D eigenvalue weighted by atomic mass is 16.5. The number of carbonyl (C=O) groups is 1. The summed E-state index contributed by atoms with van der Waals surface area (Å²) in [4.78, 5) is 11.4. The fourth-order valence-corrected chi connectivity index (χ4v) is 2.53. The molecule has 2 aliphatic heterocycles. The summed E-state index contributed by atoms with van der Waals surface area (Å²) in [5, 5.41) is 6.28. The van der Waals surface area contributed by atoms with Crippen LogP contribution >= 0.6 is 0 Å². The lowest BCUT2D eigenvalue weighted by Gasteiger charge is -2.21. The van der Waals surface area contributed by atoms with E-state index >= 15 is 0 Å². The molecule has 1 fully saturated rings. The van der Waals surface area contributed by atoms with E-state index in [1.165, 1.54) is 12.0 Å². The second kappa shape index (κ2) is 4.37. The van der Waals surface area contributed by atoms with E-state index in [1.54, 1.807) is 0 Å². The molecule has 0 aromatic heterocycles. The molecule has 0 bridgehead atoms. The van der Waals surface area contributed by atoms with Crippen LogP contribution < -0.4 is 15.4 Å².